The van der Waals surface area contributed by atoms with E-state index in [1.807, 2.05) is 49.3 Å². The summed E-state index contributed by atoms with van der Waals surface area (Å²) in [5.41, 5.74) is 0.975. The summed E-state index contributed by atoms with van der Waals surface area (Å²) < 4.78 is 10.9. The van der Waals surface area contributed by atoms with Gasteiger partial charge in [-0.25, -0.2) is 0 Å². The minimum Gasteiger partial charge on any atom is -0.496 e. The van der Waals surface area contributed by atoms with E-state index in [9.17, 15) is 0 Å². The van der Waals surface area contributed by atoms with Crippen molar-refractivity contribution in [1.29, 1.82) is 0 Å². The molecule has 0 radical (unpaired) electrons. The van der Waals surface area contributed by atoms with Crippen LogP contribution in [0.5, 0.6) is 11.6 Å². The molecule has 5 nitrogen and oxygen atoms in total. The van der Waals surface area contributed by atoms with Gasteiger partial charge in [-0.15, -0.1) is 10.2 Å². The fraction of sp³-hybridized carbons (Fsp3) is 0.286. The third-order valence-electron chi connectivity index (χ3n) is 2.65. The normalized spacial score (nSPS) is 10.1. The van der Waals surface area contributed by atoms with Gasteiger partial charge in [0, 0.05) is 25.7 Å². The number of para-hydroxylation sites is 1. The lowest BCUT2D eigenvalue weighted by atomic mass is 10.2. The zero-order valence-corrected chi connectivity index (χ0v) is 11.3. The van der Waals surface area contributed by atoms with Crippen LogP contribution in [0.2, 0.25) is 0 Å². The van der Waals surface area contributed by atoms with Gasteiger partial charge in [0.25, 0.3) is 0 Å². The molecular weight excluding hydrogens is 242 g/mol. The first kappa shape index (κ1) is 13.1. The van der Waals surface area contributed by atoms with Crippen molar-refractivity contribution in [2.24, 2.45) is 0 Å². The fourth-order valence-electron chi connectivity index (χ4n) is 1.60. The number of benzene rings is 1. The number of methoxy groups -OCH3 is 1. The van der Waals surface area contributed by atoms with Gasteiger partial charge in [-0.2, -0.15) is 0 Å². The van der Waals surface area contributed by atoms with Crippen LogP contribution in [0.25, 0.3) is 0 Å². The van der Waals surface area contributed by atoms with Crippen molar-refractivity contribution in [3.63, 3.8) is 0 Å². The first-order valence-electron chi connectivity index (χ1n) is 5.96. The lowest BCUT2D eigenvalue weighted by molar-refractivity contribution is 0.282. The van der Waals surface area contributed by atoms with Gasteiger partial charge in [-0.1, -0.05) is 18.2 Å². The largest absolute Gasteiger partial charge is 0.496 e. The van der Waals surface area contributed by atoms with E-state index in [2.05, 4.69) is 10.2 Å². The zero-order valence-electron chi connectivity index (χ0n) is 11.3. The standard InChI is InChI=1S/C14H17N3O2/c1-17(2)13-8-9-14(16-15-13)19-10-11-6-4-5-7-12(11)18-3/h4-9H,10H2,1-3H3. The molecule has 0 N–H and O–H groups in total. The maximum Gasteiger partial charge on any atom is 0.233 e. The van der Waals surface area contributed by atoms with Crippen LogP contribution in [0, 0.1) is 0 Å². The highest BCUT2D eigenvalue weighted by atomic mass is 16.5. The fourth-order valence-corrected chi connectivity index (χ4v) is 1.60. The molecule has 0 bridgehead atoms. The molecule has 100 valence electrons. The monoisotopic (exact) mass is 259 g/mol. The summed E-state index contributed by atoms with van der Waals surface area (Å²) >= 11 is 0. The molecule has 0 amide bonds. The second kappa shape index (κ2) is 6.04. The summed E-state index contributed by atoms with van der Waals surface area (Å²) in [5, 5.41) is 8.07. The Bertz CT molecular complexity index is 526. The third kappa shape index (κ3) is 3.34. The summed E-state index contributed by atoms with van der Waals surface area (Å²) in [7, 11) is 5.48. The Labute approximate surface area is 112 Å². The van der Waals surface area contributed by atoms with Gasteiger partial charge in [0.05, 0.1) is 7.11 Å². The summed E-state index contributed by atoms with van der Waals surface area (Å²) in [6.45, 7) is 0.403. The Kier molecular flexibility index (Phi) is 4.18. The Balaban J connectivity index is 2.02. The molecule has 1 heterocycles. The number of aromatic nitrogens is 2. The number of rotatable bonds is 5. The highest BCUT2D eigenvalue weighted by molar-refractivity contribution is 5.36. The Hall–Kier alpha value is -2.30. The maximum atomic E-state index is 5.60. The van der Waals surface area contributed by atoms with Crippen LogP contribution >= 0.6 is 0 Å². The molecule has 1 aromatic heterocycles. The van der Waals surface area contributed by atoms with E-state index in [0.717, 1.165) is 17.1 Å². The van der Waals surface area contributed by atoms with Crippen LogP contribution < -0.4 is 14.4 Å². The molecule has 0 aliphatic carbocycles. The van der Waals surface area contributed by atoms with Crippen molar-refractivity contribution in [2.45, 2.75) is 6.61 Å². The SMILES string of the molecule is COc1ccccc1COc1ccc(N(C)C)nn1. The van der Waals surface area contributed by atoms with E-state index in [1.165, 1.54) is 0 Å². The van der Waals surface area contributed by atoms with Crippen LogP contribution in [0.4, 0.5) is 5.82 Å². The highest BCUT2D eigenvalue weighted by Gasteiger charge is 2.04. The number of anilines is 1. The minimum atomic E-state index is 0.403. The number of ether oxygens (including phenoxy) is 2. The molecular formula is C14H17N3O2. The van der Waals surface area contributed by atoms with Gasteiger partial charge in [0.2, 0.25) is 5.88 Å². The van der Waals surface area contributed by atoms with Crippen LogP contribution in [-0.2, 0) is 6.61 Å². The minimum absolute atomic E-state index is 0.403. The van der Waals surface area contributed by atoms with Crippen molar-refractivity contribution in [3.05, 3.63) is 42.0 Å². The smallest absolute Gasteiger partial charge is 0.233 e. The second-order valence-electron chi connectivity index (χ2n) is 4.22. The first-order chi connectivity index (χ1) is 9.20. The Morgan fingerprint density at radius 2 is 1.84 bits per heavy atom. The van der Waals surface area contributed by atoms with Gasteiger partial charge >= 0.3 is 0 Å². The first-order valence-corrected chi connectivity index (χ1v) is 5.96. The number of hydrogen-bond acceptors (Lipinski definition) is 5. The van der Waals surface area contributed by atoms with Crippen molar-refractivity contribution in [2.75, 3.05) is 26.1 Å². The molecule has 0 aliphatic heterocycles. The average Bonchev–Trinajstić information content (AvgIpc) is 2.45. The Morgan fingerprint density at radius 3 is 2.47 bits per heavy atom. The maximum absolute atomic E-state index is 5.60. The average molecular weight is 259 g/mol. The zero-order chi connectivity index (χ0) is 13.7. The topological polar surface area (TPSA) is 47.5 Å². The molecule has 0 fully saturated rings. The summed E-state index contributed by atoms with van der Waals surface area (Å²) in [6, 6.07) is 11.4. The van der Waals surface area contributed by atoms with Crippen molar-refractivity contribution in [3.8, 4) is 11.6 Å². The predicted octanol–water partition coefficient (Wildman–Crippen LogP) is 2.13. The molecule has 5 heteroatoms. The molecule has 0 unspecified atom stereocenters. The summed E-state index contributed by atoms with van der Waals surface area (Å²) in [4.78, 5) is 1.89. The van der Waals surface area contributed by atoms with E-state index in [-0.39, 0.29) is 0 Å². The second-order valence-corrected chi connectivity index (χ2v) is 4.22. The van der Waals surface area contributed by atoms with Crippen LogP contribution in [0.3, 0.4) is 0 Å². The molecule has 2 aromatic rings. The molecule has 0 saturated heterocycles. The quantitative estimate of drug-likeness (QED) is 0.823. The molecule has 19 heavy (non-hydrogen) atoms. The molecule has 0 spiro atoms. The van der Waals surface area contributed by atoms with E-state index in [0.29, 0.717) is 12.5 Å². The van der Waals surface area contributed by atoms with Crippen LogP contribution in [-0.4, -0.2) is 31.4 Å². The molecule has 0 saturated carbocycles. The summed E-state index contributed by atoms with van der Waals surface area (Å²) in [6.07, 6.45) is 0. The van der Waals surface area contributed by atoms with E-state index in [4.69, 9.17) is 9.47 Å². The predicted molar refractivity (Wildman–Crippen MR) is 73.7 cm³/mol. The highest BCUT2D eigenvalue weighted by Crippen LogP contribution is 2.19. The van der Waals surface area contributed by atoms with Gasteiger partial charge < -0.3 is 14.4 Å². The van der Waals surface area contributed by atoms with Gasteiger partial charge in [-0.05, 0) is 12.1 Å². The third-order valence-corrected chi connectivity index (χ3v) is 2.65. The summed E-state index contributed by atoms with van der Waals surface area (Å²) in [5.74, 6) is 2.10. The van der Waals surface area contributed by atoms with Gasteiger partial charge in [0.1, 0.15) is 12.4 Å². The molecule has 1 aromatic carbocycles. The number of hydrogen-bond donors (Lipinski definition) is 0. The van der Waals surface area contributed by atoms with Crippen LogP contribution in [0.15, 0.2) is 36.4 Å². The molecule has 2 rings (SSSR count). The lowest BCUT2D eigenvalue weighted by Gasteiger charge is -2.11. The van der Waals surface area contributed by atoms with E-state index in [1.54, 1.807) is 13.2 Å². The van der Waals surface area contributed by atoms with Gasteiger partial charge in [-0.3, -0.25) is 0 Å². The number of nitrogens with zero attached hydrogens (tertiary/aromatic N) is 3. The molecule has 0 aliphatic rings. The van der Waals surface area contributed by atoms with Crippen molar-refractivity contribution in [1.82, 2.24) is 10.2 Å². The van der Waals surface area contributed by atoms with Crippen LogP contribution in [0.1, 0.15) is 5.56 Å². The Morgan fingerprint density at radius 1 is 1.05 bits per heavy atom. The van der Waals surface area contributed by atoms with Crippen molar-refractivity contribution < 1.29 is 9.47 Å². The molecule has 0 atom stereocenters. The lowest BCUT2D eigenvalue weighted by Crippen LogP contribution is -2.11. The van der Waals surface area contributed by atoms with Crippen molar-refractivity contribution >= 4 is 5.82 Å². The van der Waals surface area contributed by atoms with Gasteiger partial charge in [0.15, 0.2) is 5.82 Å². The van der Waals surface area contributed by atoms with E-state index >= 15 is 0 Å². The van der Waals surface area contributed by atoms with E-state index < -0.39 is 0 Å².